The lowest BCUT2D eigenvalue weighted by atomic mass is 10.2. The molecular formula is C10H15NOS. The molecule has 0 fully saturated rings. The number of carbonyl (C=O) groups is 1. The highest BCUT2D eigenvalue weighted by Gasteiger charge is 2.09. The number of amides is 1. The van der Waals surface area contributed by atoms with Gasteiger partial charge in [-0.25, -0.2) is 0 Å². The summed E-state index contributed by atoms with van der Waals surface area (Å²) in [5.41, 5.74) is 0. The van der Waals surface area contributed by atoms with Crippen LogP contribution in [0, 0.1) is 6.92 Å². The van der Waals surface area contributed by atoms with Crippen molar-refractivity contribution in [2.45, 2.75) is 33.2 Å². The average molecular weight is 197 g/mol. The molecule has 1 aromatic rings. The van der Waals surface area contributed by atoms with Crippen molar-refractivity contribution in [1.82, 2.24) is 5.32 Å². The molecule has 0 aliphatic heterocycles. The molecule has 0 spiro atoms. The lowest BCUT2D eigenvalue weighted by Crippen LogP contribution is -2.24. The smallest absolute Gasteiger partial charge is 0.220 e. The summed E-state index contributed by atoms with van der Waals surface area (Å²) in [4.78, 5) is 13.6. The Morgan fingerprint density at radius 3 is 2.77 bits per heavy atom. The number of rotatable bonds is 3. The van der Waals surface area contributed by atoms with Gasteiger partial charge in [-0.15, -0.1) is 11.3 Å². The van der Waals surface area contributed by atoms with Gasteiger partial charge >= 0.3 is 0 Å². The highest BCUT2D eigenvalue weighted by molar-refractivity contribution is 7.12. The van der Waals surface area contributed by atoms with Crippen LogP contribution in [0.5, 0.6) is 0 Å². The third-order valence-electron chi connectivity index (χ3n) is 1.89. The topological polar surface area (TPSA) is 29.1 Å². The SMILES string of the molecule is CCC(=O)NC(C)c1ccc(C)s1. The van der Waals surface area contributed by atoms with Gasteiger partial charge < -0.3 is 5.32 Å². The standard InChI is InChI=1S/C10H15NOS/c1-4-10(12)11-8(3)9-6-5-7(2)13-9/h5-6,8H,4H2,1-3H3,(H,11,12). The molecule has 0 saturated heterocycles. The number of aryl methyl sites for hydroxylation is 1. The first kappa shape index (κ1) is 10.3. The van der Waals surface area contributed by atoms with E-state index >= 15 is 0 Å². The molecule has 1 N–H and O–H groups in total. The fourth-order valence-electron chi connectivity index (χ4n) is 1.10. The van der Waals surface area contributed by atoms with Crippen molar-refractivity contribution in [3.63, 3.8) is 0 Å². The van der Waals surface area contributed by atoms with Crippen molar-refractivity contribution in [3.05, 3.63) is 21.9 Å². The Morgan fingerprint density at radius 1 is 1.62 bits per heavy atom. The molecule has 72 valence electrons. The molecule has 1 amide bonds. The second-order valence-electron chi connectivity index (χ2n) is 3.09. The van der Waals surface area contributed by atoms with Gasteiger partial charge in [-0.3, -0.25) is 4.79 Å². The van der Waals surface area contributed by atoms with E-state index in [4.69, 9.17) is 0 Å². The molecule has 3 heteroatoms. The Bertz CT molecular complexity index is 293. The Labute approximate surface area is 83.0 Å². The van der Waals surface area contributed by atoms with E-state index in [-0.39, 0.29) is 11.9 Å². The molecule has 0 bridgehead atoms. The summed E-state index contributed by atoms with van der Waals surface area (Å²) in [6.45, 7) is 5.95. The highest BCUT2D eigenvalue weighted by Crippen LogP contribution is 2.22. The maximum atomic E-state index is 11.1. The minimum atomic E-state index is 0.110. The zero-order valence-corrected chi connectivity index (χ0v) is 9.07. The van der Waals surface area contributed by atoms with E-state index in [1.54, 1.807) is 11.3 Å². The van der Waals surface area contributed by atoms with Crippen LogP contribution >= 0.6 is 11.3 Å². The summed E-state index contributed by atoms with van der Waals surface area (Å²) in [5, 5.41) is 2.93. The van der Waals surface area contributed by atoms with Crippen LogP contribution < -0.4 is 5.32 Å². The van der Waals surface area contributed by atoms with Gasteiger partial charge in [0.1, 0.15) is 0 Å². The van der Waals surface area contributed by atoms with Crippen LogP contribution in [0.4, 0.5) is 0 Å². The van der Waals surface area contributed by atoms with Crippen LogP contribution in [0.15, 0.2) is 12.1 Å². The molecule has 1 rings (SSSR count). The molecule has 1 heterocycles. The van der Waals surface area contributed by atoms with E-state index in [2.05, 4.69) is 24.4 Å². The first-order valence-corrected chi connectivity index (χ1v) is 5.30. The summed E-state index contributed by atoms with van der Waals surface area (Å²) < 4.78 is 0. The summed E-state index contributed by atoms with van der Waals surface area (Å²) >= 11 is 1.73. The normalized spacial score (nSPS) is 12.5. The van der Waals surface area contributed by atoms with Crippen molar-refractivity contribution in [2.75, 3.05) is 0 Å². The lowest BCUT2D eigenvalue weighted by molar-refractivity contribution is -0.121. The summed E-state index contributed by atoms with van der Waals surface area (Å²) in [7, 11) is 0. The molecule has 2 nitrogen and oxygen atoms in total. The number of carbonyl (C=O) groups excluding carboxylic acids is 1. The zero-order valence-electron chi connectivity index (χ0n) is 8.26. The van der Waals surface area contributed by atoms with Gasteiger partial charge in [0, 0.05) is 16.2 Å². The van der Waals surface area contributed by atoms with E-state index in [1.807, 2.05) is 13.8 Å². The van der Waals surface area contributed by atoms with Gasteiger partial charge in [0.05, 0.1) is 6.04 Å². The quantitative estimate of drug-likeness (QED) is 0.793. The van der Waals surface area contributed by atoms with Gasteiger partial charge in [-0.05, 0) is 26.0 Å². The average Bonchev–Trinajstić information content (AvgIpc) is 2.51. The molecule has 0 aliphatic carbocycles. The number of thiophene rings is 1. The summed E-state index contributed by atoms with van der Waals surface area (Å²) in [6.07, 6.45) is 0.550. The Balaban J connectivity index is 2.58. The Morgan fingerprint density at radius 2 is 2.31 bits per heavy atom. The fourth-order valence-corrected chi connectivity index (χ4v) is 1.98. The van der Waals surface area contributed by atoms with Crippen LogP contribution in [-0.2, 0) is 4.79 Å². The monoisotopic (exact) mass is 197 g/mol. The Hall–Kier alpha value is -0.830. The number of hydrogen-bond donors (Lipinski definition) is 1. The van der Waals surface area contributed by atoms with Crippen LogP contribution in [-0.4, -0.2) is 5.91 Å². The third kappa shape index (κ3) is 2.84. The first-order chi connectivity index (χ1) is 6.13. The second-order valence-corrected chi connectivity index (χ2v) is 4.41. The predicted molar refractivity (Wildman–Crippen MR) is 55.9 cm³/mol. The molecule has 0 saturated carbocycles. The molecule has 13 heavy (non-hydrogen) atoms. The van der Waals surface area contributed by atoms with Gasteiger partial charge in [0.25, 0.3) is 0 Å². The molecular weight excluding hydrogens is 182 g/mol. The van der Waals surface area contributed by atoms with E-state index in [1.165, 1.54) is 9.75 Å². The molecule has 0 aliphatic rings. The number of nitrogens with one attached hydrogen (secondary N) is 1. The van der Waals surface area contributed by atoms with E-state index in [0.29, 0.717) is 6.42 Å². The zero-order chi connectivity index (χ0) is 9.84. The van der Waals surface area contributed by atoms with Crippen LogP contribution in [0.2, 0.25) is 0 Å². The molecule has 1 atom stereocenters. The largest absolute Gasteiger partial charge is 0.349 e. The lowest BCUT2D eigenvalue weighted by Gasteiger charge is -2.10. The number of hydrogen-bond acceptors (Lipinski definition) is 2. The summed E-state index contributed by atoms with van der Waals surface area (Å²) in [5.74, 6) is 0.110. The fraction of sp³-hybridized carbons (Fsp3) is 0.500. The minimum absolute atomic E-state index is 0.110. The molecule has 1 aromatic heterocycles. The van der Waals surface area contributed by atoms with Gasteiger partial charge in [0.15, 0.2) is 0 Å². The minimum Gasteiger partial charge on any atom is -0.349 e. The second kappa shape index (κ2) is 4.42. The van der Waals surface area contributed by atoms with Crippen LogP contribution in [0.1, 0.15) is 36.1 Å². The van der Waals surface area contributed by atoms with Crippen LogP contribution in [0.3, 0.4) is 0 Å². The maximum absolute atomic E-state index is 11.1. The van der Waals surface area contributed by atoms with E-state index < -0.39 is 0 Å². The van der Waals surface area contributed by atoms with E-state index in [0.717, 1.165) is 0 Å². The van der Waals surface area contributed by atoms with Gasteiger partial charge in [-0.2, -0.15) is 0 Å². The van der Waals surface area contributed by atoms with Gasteiger partial charge in [-0.1, -0.05) is 6.92 Å². The molecule has 1 unspecified atom stereocenters. The van der Waals surface area contributed by atoms with Crippen molar-refractivity contribution in [1.29, 1.82) is 0 Å². The van der Waals surface area contributed by atoms with Crippen LogP contribution in [0.25, 0.3) is 0 Å². The highest BCUT2D eigenvalue weighted by atomic mass is 32.1. The van der Waals surface area contributed by atoms with E-state index in [9.17, 15) is 4.79 Å². The van der Waals surface area contributed by atoms with Crippen molar-refractivity contribution in [3.8, 4) is 0 Å². The summed E-state index contributed by atoms with van der Waals surface area (Å²) in [6, 6.07) is 4.29. The van der Waals surface area contributed by atoms with Crippen molar-refractivity contribution < 1.29 is 4.79 Å². The van der Waals surface area contributed by atoms with Crippen molar-refractivity contribution >= 4 is 17.2 Å². The maximum Gasteiger partial charge on any atom is 0.220 e. The predicted octanol–water partition coefficient (Wildman–Crippen LogP) is 2.64. The van der Waals surface area contributed by atoms with Gasteiger partial charge in [0.2, 0.25) is 5.91 Å². The molecule has 0 aromatic carbocycles. The Kier molecular flexibility index (Phi) is 3.48. The first-order valence-electron chi connectivity index (χ1n) is 4.49. The van der Waals surface area contributed by atoms with Crippen molar-refractivity contribution in [2.24, 2.45) is 0 Å². The third-order valence-corrected chi connectivity index (χ3v) is 3.07. The molecule has 0 radical (unpaired) electrons.